The van der Waals surface area contributed by atoms with Gasteiger partial charge in [-0.05, 0) is 36.8 Å². The van der Waals surface area contributed by atoms with Crippen LogP contribution in [0.1, 0.15) is 36.7 Å². The highest BCUT2D eigenvalue weighted by atomic mass is 16.7. The second-order valence-electron chi connectivity index (χ2n) is 6.16. The SMILES string of the molecule is C[C@@]1(O)C[C@@H](c2ccco2)[C@H]([N+](=O)[O-])[C@@H](c2ccc([N+](=O)[O-])cc2)O1. The average molecular weight is 348 g/mol. The van der Waals surface area contributed by atoms with Gasteiger partial charge in [0.25, 0.3) is 11.7 Å². The maximum absolute atomic E-state index is 11.7. The molecule has 1 aromatic carbocycles. The summed E-state index contributed by atoms with van der Waals surface area (Å²) in [6, 6.07) is 7.35. The molecule has 25 heavy (non-hydrogen) atoms. The molecule has 0 amide bonds. The first-order chi connectivity index (χ1) is 11.8. The summed E-state index contributed by atoms with van der Waals surface area (Å²) in [5.74, 6) is -1.91. The lowest BCUT2D eigenvalue weighted by atomic mass is 9.82. The van der Waals surface area contributed by atoms with Gasteiger partial charge in [-0.25, -0.2) is 0 Å². The molecule has 0 saturated carbocycles. The standard InChI is InChI=1S/C16H16N2O7/c1-16(19)9-12(13-3-2-8-24-13)14(18(22)23)15(25-16)10-4-6-11(7-5-10)17(20)21/h2-8,12,14-15,19H,9H2,1H3/t12-,14-,15+,16-/m0/s1. The Bertz CT molecular complexity index is 770. The number of benzene rings is 1. The van der Waals surface area contributed by atoms with Crippen molar-refractivity contribution in [1.82, 2.24) is 0 Å². The molecule has 0 spiro atoms. The van der Waals surface area contributed by atoms with E-state index >= 15 is 0 Å². The van der Waals surface area contributed by atoms with Crippen molar-refractivity contribution in [2.24, 2.45) is 0 Å². The molecule has 1 aliphatic rings. The highest BCUT2D eigenvalue weighted by Crippen LogP contribution is 2.45. The summed E-state index contributed by atoms with van der Waals surface area (Å²) in [5.41, 5.74) is 0.246. The summed E-state index contributed by atoms with van der Waals surface area (Å²) in [7, 11) is 0. The van der Waals surface area contributed by atoms with Crippen LogP contribution in [-0.4, -0.2) is 26.8 Å². The molecule has 0 aliphatic carbocycles. The first kappa shape index (κ1) is 17.1. The lowest BCUT2D eigenvalue weighted by Gasteiger charge is -2.40. The van der Waals surface area contributed by atoms with E-state index in [1.807, 2.05) is 0 Å². The van der Waals surface area contributed by atoms with E-state index in [9.17, 15) is 25.3 Å². The number of nitro groups is 2. The van der Waals surface area contributed by atoms with Crippen molar-refractivity contribution in [1.29, 1.82) is 0 Å². The van der Waals surface area contributed by atoms with Crippen LogP contribution >= 0.6 is 0 Å². The van der Waals surface area contributed by atoms with Crippen LogP contribution in [0, 0.1) is 20.2 Å². The monoisotopic (exact) mass is 348 g/mol. The molecule has 0 radical (unpaired) electrons. The third kappa shape index (κ3) is 3.37. The van der Waals surface area contributed by atoms with Crippen LogP contribution in [0.3, 0.4) is 0 Å². The molecule has 3 rings (SSSR count). The van der Waals surface area contributed by atoms with E-state index in [-0.39, 0.29) is 12.1 Å². The van der Waals surface area contributed by atoms with Gasteiger partial charge in [-0.15, -0.1) is 0 Å². The van der Waals surface area contributed by atoms with Gasteiger partial charge >= 0.3 is 0 Å². The largest absolute Gasteiger partial charge is 0.469 e. The molecule has 132 valence electrons. The second kappa shape index (κ2) is 6.26. The Balaban J connectivity index is 2.02. The zero-order valence-corrected chi connectivity index (χ0v) is 13.3. The van der Waals surface area contributed by atoms with E-state index in [1.165, 1.54) is 37.5 Å². The summed E-state index contributed by atoms with van der Waals surface area (Å²) in [5, 5.41) is 32.9. The molecule has 0 bridgehead atoms. The highest BCUT2D eigenvalue weighted by molar-refractivity contribution is 5.35. The average Bonchev–Trinajstić information content (AvgIpc) is 3.07. The van der Waals surface area contributed by atoms with E-state index < -0.39 is 33.7 Å². The van der Waals surface area contributed by atoms with Crippen LogP contribution in [0.25, 0.3) is 0 Å². The molecule has 4 atom stereocenters. The summed E-state index contributed by atoms with van der Waals surface area (Å²) >= 11 is 0. The van der Waals surface area contributed by atoms with Crippen molar-refractivity contribution in [3.8, 4) is 0 Å². The summed E-state index contributed by atoms with van der Waals surface area (Å²) in [4.78, 5) is 21.5. The summed E-state index contributed by atoms with van der Waals surface area (Å²) < 4.78 is 10.9. The van der Waals surface area contributed by atoms with Crippen LogP contribution in [-0.2, 0) is 4.74 Å². The molecule has 1 saturated heterocycles. The number of hydrogen-bond donors (Lipinski definition) is 1. The van der Waals surface area contributed by atoms with Crippen LogP contribution in [0.4, 0.5) is 5.69 Å². The van der Waals surface area contributed by atoms with Crippen LogP contribution in [0.2, 0.25) is 0 Å². The quantitative estimate of drug-likeness (QED) is 0.664. The predicted molar refractivity (Wildman–Crippen MR) is 84.4 cm³/mol. The van der Waals surface area contributed by atoms with Crippen LogP contribution in [0.5, 0.6) is 0 Å². The fraction of sp³-hybridized carbons (Fsp3) is 0.375. The maximum atomic E-state index is 11.7. The topological polar surface area (TPSA) is 129 Å². The van der Waals surface area contributed by atoms with Crippen molar-refractivity contribution in [2.45, 2.75) is 37.2 Å². The smallest absolute Gasteiger partial charge is 0.269 e. The van der Waals surface area contributed by atoms with Gasteiger partial charge in [0.15, 0.2) is 11.9 Å². The number of non-ortho nitro benzene ring substituents is 1. The molecule has 9 heteroatoms. The van der Waals surface area contributed by atoms with Gasteiger partial charge in [0.2, 0.25) is 0 Å². The highest BCUT2D eigenvalue weighted by Gasteiger charge is 2.52. The number of aliphatic hydroxyl groups is 1. The van der Waals surface area contributed by atoms with Gasteiger partial charge in [0, 0.05) is 23.5 Å². The third-order valence-corrected chi connectivity index (χ3v) is 4.29. The second-order valence-corrected chi connectivity index (χ2v) is 6.16. The maximum Gasteiger partial charge on any atom is 0.269 e. The Labute approximate surface area is 142 Å². The number of ether oxygens (including phenoxy) is 1. The molecule has 1 aromatic heterocycles. The lowest BCUT2D eigenvalue weighted by Crippen LogP contribution is -2.48. The number of nitrogens with zero attached hydrogens (tertiary/aromatic N) is 2. The molecular weight excluding hydrogens is 332 g/mol. The zero-order valence-electron chi connectivity index (χ0n) is 13.3. The summed E-state index contributed by atoms with van der Waals surface area (Å²) in [6.07, 6.45) is 0.335. The van der Waals surface area contributed by atoms with E-state index in [4.69, 9.17) is 9.15 Å². The molecule has 1 aliphatic heterocycles. The van der Waals surface area contributed by atoms with Crippen molar-refractivity contribution in [3.63, 3.8) is 0 Å². The fourth-order valence-corrected chi connectivity index (χ4v) is 3.21. The van der Waals surface area contributed by atoms with Crippen molar-refractivity contribution >= 4 is 5.69 Å². The minimum absolute atomic E-state index is 0.00432. The van der Waals surface area contributed by atoms with Gasteiger partial charge in [-0.2, -0.15) is 0 Å². The van der Waals surface area contributed by atoms with Crippen LogP contribution in [0.15, 0.2) is 47.1 Å². The van der Waals surface area contributed by atoms with E-state index in [2.05, 4.69) is 0 Å². The summed E-state index contributed by atoms with van der Waals surface area (Å²) in [6.45, 7) is 1.43. The van der Waals surface area contributed by atoms with Crippen molar-refractivity contribution < 1.29 is 24.1 Å². The minimum atomic E-state index is -1.60. The molecule has 1 N–H and O–H groups in total. The minimum Gasteiger partial charge on any atom is -0.469 e. The van der Waals surface area contributed by atoms with Gasteiger partial charge in [-0.1, -0.05) is 0 Å². The van der Waals surface area contributed by atoms with Gasteiger partial charge in [0.1, 0.15) is 5.76 Å². The number of furan rings is 1. The molecule has 2 aromatic rings. The van der Waals surface area contributed by atoms with E-state index in [0.717, 1.165) is 0 Å². The van der Waals surface area contributed by atoms with Gasteiger partial charge in [-0.3, -0.25) is 20.2 Å². The van der Waals surface area contributed by atoms with Crippen LogP contribution < -0.4 is 0 Å². The van der Waals surface area contributed by atoms with E-state index in [0.29, 0.717) is 11.3 Å². The molecular formula is C16H16N2O7. The molecule has 1 fully saturated rings. The molecule has 2 heterocycles. The predicted octanol–water partition coefficient (Wildman–Crippen LogP) is 2.79. The number of rotatable bonds is 4. The third-order valence-electron chi connectivity index (χ3n) is 4.29. The van der Waals surface area contributed by atoms with Crippen molar-refractivity contribution in [3.05, 3.63) is 74.2 Å². The first-order valence-corrected chi connectivity index (χ1v) is 7.60. The van der Waals surface area contributed by atoms with Gasteiger partial charge < -0.3 is 14.3 Å². The number of nitro benzene ring substituents is 1. The Morgan fingerprint density at radius 1 is 1.20 bits per heavy atom. The number of hydrogen-bond acceptors (Lipinski definition) is 7. The fourth-order valence-electron chi connectivity index (χ4n) is 3.21. The Morgan fingerprint density at radius 2 is 1.88 bits per heavy atom. The Morgan fingerprint density at radius 3 is 2.40 bits per heavy atom. The molecule has 0 unspecified atom stereocenters. The van der Waals surface area contributed by atoms with E-state index in [1.54, 1.807) is 12.1 Å². The Hall–Kier alpha value is -2.78. The van der Waals surface area contributed by atoms with Crippen molar-refractivity contribution in [2.75, 3.05) is 0 Å². The van der Waals surface area contributed by atoms with Gasteiger partial charge in [0.05, 0.1) is 17.1 Å². The normalized spacial score (nSPS) is 29.3. The Kier molecular flexibility index (Phi) is 4.27. The lowest BCUT2D eigenvalue weighted by molar-refractivity contribution is -0.556. The molecule has 9 nitrogen and oxygen atoms in total. The first-order valence-electron chi connectivity index (χ1n) is 7.60. The zero-order chi connectivity index (χ0) is 18.2.